The first-order chi connectivity index (χ1) is 11.5. The van der Waals surface area contributed by atoms with Gasteiger partial charge in [-0.1, -0.05) is 13.8 Å². The zero-order chi connectivity index (χ0) is 17.1. The zero-order valence-corrected chi connectivity index (χ0v) is 15.4. The maximum Gasteiger partial charge on any atom is 0.236 e. The van der Waals surface area contributed by atoms with E-state index in [0.717, 1.165) is 65.0 Å². The molecule has 0 bridgehead atoms. The number of rotatable bonds is 3. The Morgan fingerprint density at radius 1 is 0.875 bits per heavy atom. The molecule has 2 amide bonds. The van der Waals surface area contributed by atoms with Gasteiger partial charge < -0.3 is 9.80 Å². The third-order valence-corrected chi connectivity index (χ3v) is 5.92. The fourth-order valence-electron chi connectivity index (χ4n) is 4.78. The van der Waals surface area contributed by atoms with E-state index < -0.39 is 0 Å². The number of hydrogen-bond donors (Lipinski definition) is 0. The van der Waals surface area contributed by atoms with Gasteiger partial charge in [0.15, 0.2) is 0 Å². The number of carbonyl (C=O) groups excluding carboxylic acids is 2. The van der Waals surface area contributed by atoms with Crippen molar-refractivity contribution in [2.75, 3.05) is 45.8 Å². The summed E-state index contributed by atoms with van der Waals surface area (Å²) >= 11 is 0. The minimum atomic E-state index is 0.141. The number of hydrogen-bond acceptors (Lipinski definition) is 3. The standard InChI is InChI=1S/C19H33N3O2/c1-15-11-16(2)13-20(12-15)14-18(23)21-9-5-17(6-10-21)19(24)22-7-3-4-8-22/h15-17H,3-14H2,1-2H3. The Hall–Kier alpha value is -1.10. The van der Waals surface area contributed by atoms with E-state index in [1.807, 2.05) is 9.80 Å². The van der Waals surface area contributed by atoms with Crippen LogP contribution in [0.3, 0.4) is 0 Å². The van der Waals surface area contributed by atoms with Crippen molar-refractivity contribution >= 4 is 11.8 Å². The van der Waals surface area contributed by atoms with Crippen molar-refractivity contribution in [3.05, 3.63) is 0 Å². The molecule has 3 heterocycles. The quantitative estimate of drug-likeness (QED) is 0.790. The van der Waals surface area contributed by atoms with Crippen LogP contribution >= 0.6 is 0 Å². The van der Waals surface area contributed by atoms with Gasteiger partial charge in [-0.2, -0.15) is 0 Å². The van der Waals surface area contributed by atoms with Crippen LogP contribution in [-0.2, 0) is 9.59 Å². The highest BCUT2D eigenvalue weighted by atomic mass is 16.2. The molecule has 3 saturated heterocycles. The van der Waals surface area contributed by atoms with Gasteiger partial charge in [0.05, 0.1) is 6.54 Å². The van der Waals surface area contributed by atoms with Crippen molar-refractivity contribution in [1.29, 1.82) is 0 Å². The summed E-state index contributed by atoms with van der Waals surface area (Å²) in [6, 6.07) is 0. The first-order valence-electron chi connectivity index (χ1n) is 9.82. The van der Waals surface area contributed by atoms with E-state index in [4.69, 9.17) is 0 Å². The summed E-state index contributed by atoms with van der Waals surface area (Å²) in [5.74, 6) is 2.10. The minimum Gasteiger partial charge on any atom is -0.342 e. The van der Waals surface area contributed by atoms with Crippen LogP contribution in [0.4, 0.5) is 0 Å². The number of carbonyl (C=O) groups is 2. The van der Waals surface area contributed by atoms with Crippen LogP contribution in [0, 0.1) is 17.8 Å². The molecule has 3 aliphatic heterocycles. The van der Waals surface area contributed by atoms with E-state index in [0.29, 0.717) is 24.3 Å². The van der Waals surface area contributed by atoms with Gasteiger partial charge in [0, 0.05) is 45.2 Å². The molecule has 5 nitrogen and oxygen atoms in total. The predicted molar refractivity (Wildman–Crippen MR) is 94.5 cm³/mol. The summed E-state index contributed by atoms with van der Waals surface area (Å²) in [5, 5.41) is 0. The van der Waals surface area contributed by atoms with Crippen LogP contribution in [0.25, 0.3) is 0 Å². The highest BCUT2D eigenvalue weighted by molar-refractivity contribution is 5.81. The first-order valence-corrected chi connectivity index (χ1v) is 9.82. The largest absolute Gasteiger partial charge is 0.342 e. The molecule has 0 aliphatic carbocycles. The Balaban J connectivity index is 1.44. The topological polar surface area (TPSA) is 43.9 Å². The summed E-state index contributed by atoms with van der Waals surface area (Å²) < 4.78 is 0. The second-order valence-electron chi connectivity index (χ2n) is 8.33. The smallest absolute Gasteiger partial charge is 0.236 e. The Morgan fingerprint density at radius 3 is 2.04 bits per heavy atom. The first kappa shape index (κ1) is 17.7. The highest BCUT2D eigenvalue weighted by Crippen LogP contribution is 2.24. The second-order valence-corrected chi connectivity index (χ2v) is 8.33. The molecule has 0 saturated carbocycles. The number of nitrogens with zero attached hydrogens (tertiary/aromatic N) is 3. The third kappa shape index (κ3) is 4.29. The number of amides is 2. The molecule has 136 valence electrons. The van der Waals surface area contributed by atoms with Crippen LogP contribution in [0.5, 0.6) is 0 Å². The molecule has 0 aromatic rings. The van der Waals surface area contributed by atoms with Crippen LogP contribution < -0.4 is 0 Å². The minimum absolute atomic E-state index is 0.141. The Morgan fingerprint density at radius 2 is 1.46 bits per heavy atom. The van der Waals surface area contributed by atoms with Crippen molar-refractivity contribution in [1.82, 2.24) is 14.7 Å². The number of likely N-dealkylation sites (tertiary alicyclic amines) is 3. The average molecular weight is 335 g/mol. The van der Waals surface area contributed by atoms with Gasteiger partial charge in [-0.3, -0.25) is 14.5 Å². The summed E-state index contributed by atoms with van der Waals surface area (Å²) in [5.41, 5.74) is 0. The van der Waals surface area contributed by atoms with Gasteiger partial charge in [-0.15, -0.1) is 0 Å². The molecular weight excluding hydrogens is 302 g/mol. The van der Waals surface area contributed by atoms with Gasteiger partial charge in [-0.05, 0) is 43.9 Å². The van der Waals surface area contributed by atoms with E-state index in [2.05, 4.69) is 18.7 Å². The molecule has 3 aliphatic rings. The molecule has 0 spiro atoms. The van der Waals surface area contributed by atoms with Crippen LogP contribution in [0.15, 0.2) is 0 Å². The normalized spacial score (nSPS) is 29.9. The lowest BCUT2D eigenvalue weighted by Gasteiger charge is -2.37. The molecule has 2 unspecified atom stereocenters. The summed E-state index contributed by atoms with van der Waals surface area (Å²) in [6.45, 7) is 10.6. The van der Waals surface area contributed by atoms with E-state index in [1.54, 1.807) is 0 Å². The lowest BCUT2D eigenvalue weighted by atomic mass is 9.92. The van der Waals surface area contributed by atoms with Crippen LogP contribution in [-0.4, -0.2) is 72.3 Å². The van der Waals surface area contributed by atoms with Crippen LogP contribution in [0.1, 0.15) is 46.0 Å². The SMILES string of the molecule is CC1CC(C)CN(CC(=O)N2CCC(C(=O)N3CCCC3)CC2)C1. The van der Waals surface area contributed by atoms with Gasteiger partial charge >= 0.3 is 0 Å². The van der Waals surface area contributed by atoms with Crippen molar-refractivity contribution < 1.29 is 9.59 Å². The van der Waals surface area contributed by atoms with Crippen LogP contribution in [0.2, 0.25) is 0 Å². The molecular formula is C19H33N3O2. The highest BCUT2D eigenvalue weighted by Gasteiger charge is 2.32. The Bertz CT molecular complexity index is 444. The molecule has 0 aromatic heterocycles. The number of piperidine rings is 2. The summed E-state index contributed by atoms with van der Waals surface area (Å²) in [7, 11) is 0. The van der Waals surface area contributed by atoms with Crippen molar-refractivity contribution in [3.63, 3.8) is 0 Å². The predicted octanol–water partition coefficient (Wildman–Crippen LogP) is 1.83. The molecule has 3 rings (SSSR count). The van der Waals surface area contributed by atoms with Crippen molar-refractivity contribution in [2.45, 2.75) is 46.0 Å². The fourth-order valence-corrected chi connectivity index (χ4v) is 4.78. The van der Waals surface area contributed by atoms with E-state index in [-0.39, 0.29) is 11.8 Å². The average Bonchev–Trinajstić information content (AvgIpc) is 3.07. The van der Waals surface area contributed by atoms with Crippen molar-refractivity contribution in [2.24, 2.45) is 17.8 Å². The molecule has 0 aromatic carbocycles. The van der Waals surface area contributed by atoms with E-state index in [9.17, 15) is 9.59 Å². The fraction of sp³-hybridized carbons (Fsp3) is 0.895. The summed E-state index contributed by atoms with van der Waals surface area (Å²) in [6.07, 6.45) is 5.25. The van der Waals surface area contributed by atoms with E-state index >= 15 is 0 Å². The summed E-state index contributed by atoms with van der Waals surface area (Å²) in [4.78, 5) is 31.4. The molecule has 24 heavy (non-hydrogen) atoms. The molecule has 3 fully saturated rings. The van der Waals surface area contributed by atoms with Gasteiger partial charge in [0.25, 0.3) is 0 Å². The Labute approximate surface area is 146 Å². The molecule has 5 heteroatoms. The lowest BCUT2D eigenvalue weighted by molar-refractivity contribution is -0.140. The maximum atomic E-state index is 12.6. The monoisotopic (exact) mass is 335 g/mol. The van der Waals surface area contributed by atoms with Gasteiger partial charge in [0.1, 0.15) is 0 Å². The lowest BCUT2D eigenvalue weighted by Crippen LogP contribution is -2.49. The van der Waals surface area contributed by atoms with Gasteiger partial charge in [-0.25, -0.2) is 0 Å². The zero-order valence-electron chi connectivity index (χ0n) is 15.4. The van der Waals surface area contributed by atoms with Crippen molar-refractivity contribution in [3.8, 4) is 0 Å². The van der Waals surface area contributed by atoms with Gasteiger partial charge in [0.2, 0.25) is 11.8 Å². The second kappa shape index (κ2) is 7.85. The third-order valence-electron chi connectivity index (χ3n) is 5.92. The molecule has 0 radical (unpaired) electrons. The maximum absolute atomic E-state index is 12.6. The van der Waals surface area contributed by atoms with E-state index in [1.165, 1.54) is 6.42 Å². The Kier molecular flexibility index (Phi) is 5.80. The molecule has 2 atom stereocenters. The molecule has 0 N–H and O–H groups in total.